The highest BCUT2D eigenvalue weighted by Crippen LogP contribution is 2.26. The molecule has 1 aromatic heterocycles. The molecule has 0 aliphatic rings. The molecule has 0 saturated carbocycles. The standard InChI is InChI=1S/C8H12FN3O2/c1-5-6(12(13)14)7(9)10-11(5)8(2,3)4/h1-4H3. The van der Waals surface area contributed by atoms with E-state index in [2.05, 4.69) is 5.10 Å². The largest absolute Gasteiger partial charge is 0.346 e. The van der Waals surface area contributed by atoms with E-state index in [0.717, 1.165) is 0 Å². The average Bonchev–Trinajstić information content (AvgIpc) is 2.24. The van der Waals surface area contributed by atoms with Gasteiger partial charge in [0.1, 0.15) is 5.69 Å². The van der Waals surface area contributed by atoms with Gasteiger partial charge in [0.15, 0.2) is 0 Å². The number of nitrogens with zero attached hydrogens (tertiary/aromatic N) is 3. The summed E-state index contributed by atoms with van der Waals surface area (Å²) in [5, 5.41) is 14.0. The first-order valence-electron chi connectivity index (χ1n) is 4.15. The van der Waals surface area contributed by atoms with E-state index in [1.54, 1.807) is 20.8 Å². The molecular weight excluding hydrogens is 189 g/mol. The molecule has 0 amide bonds. The van der Waals surface area contributed by atoms with Crippen LogP contribution in [-0.2, 0) is 5.54 Å². The number of halogens is 1. The molecule has 0 fully saturated rings. The molecule has 1 rings (SSSR count). The molecular formula is C8H12FN3O2. The van der Waals surface area contributed by atoms with Crippen LogP contribution in [0.25, 0.3) is 0 Å². The summed E-state index contributed by atoms with van der Waals surface area (Å²) < 4.78 is 14.4. The Bertz CT molecular complexity index is 379. The lowest BCUT2D eigenvalue weighted by molar-refractivity contribution is -0.388. The van der Waals surface area contributed by atoms with Crippen molar-refractivity contribution < 1.29 is 9.31 Å². The van der Waals surface area contributed by atoms with Crippen molar-refractivity contribution in [2.75, 3.05) is 0 Å². The number of rotatable bonds is 1. The van der Waals surface area contributed by atoms with Crippen molar-refractivity contribution in [3.05, 3.63) is 21.8 Å². The van der Waals surface area contributed by atoms with Crippen molar-refractivity contribution in [2.45, 2.75) is 33.2 Å². The quantitative estimate of drug-likeness (QED) is 0.515. The fraction of sp³-hybridized carbons (Fsp3) is 0.625. The lowest BCUT2D eigenvalue weighted by Crippen LogP contribution is -2.24. The van der Waals surface area contributed by atoms with Crippen LogP contribution in [0.3, 0.4) is 0 Å². The van der Waals surface area contributed by atoms with Gasteiger partial charge in [0.2, 0.25) is 0 Å². The second kappa shape index (κ2) is 3.04. The number of aromatic nitrogens is 2. The third-order valence-corrected chi connectivity index (χ3v) is 1.86. The Labute approximate surface area is 80.7 Å². The maximum atomic E-state index is 13.1. The second-order valence-electron chi connectivity index (χ2n) is 4.06. The maximum Gasteiger partial charge on any atom is 0.346 e. The Morgan fingerprint density at radius 1 is 1.50 bits per heavy atom. The summed E-state index contributed by atoms with van der Waals surface area (Å²) in [5.74, 6) is -1.03. The van der Waals surface area contributed by atoms with Gasteiger partial charge in [-0.05, 0) is 27.7 Å². The minimum Gasteiger partial charge on any atom is -0.258 e. The molecule has 6 heteroatoms. The van der Waals surface area contributed by atoms with Gasteiger partial charge in [-0.2, -0.15) is 4.39 Å². The van der Waals surface area contributed by atoms with Gasteiger partial charge in [0.25, 0.3) is 0 Å². The van der Waals surface area contributed by atoms with Crippen LogP contribution in [0.2, 0.25) is 0 Å². The fourth-order valence-electron chi connectivity index (χ4n) is 1.32. The van der Waals surface area contributed by atoms with Gasteiger partial charge in [-0.15, -0.1) is 5.10 Å². The molecule has 0 bridgehead atoms. The van der Waals surface area contributed by atoms with E-state index >= 15 is 0 Å². The molecule has 0 aliphatic carbocycles. The van der Waals surface area contributed by atoms with Gasteiger partial charge in [0.05, 0.1) is 10.5 Å². The highest BCUT2D eigenvalue weighted by Gasteiger charge is 2.29. The molecule has 5 nitrogen and oxygen atoms in total. The van der Waals surface area contributed by atoms with Crippen LogP contribution in [0.4, 0.5) is 10.1 Å². The molecule has 0 atom stereocenters. The molecule has 0 saturated heterocycles. The summed E-state index contributed by atoms with van der Waals surface area (Å²) in [6.07, 6.45) is 0. The van der Waals surface area contributed by atoms with Crippen molar-refractivity contribution in [2.24, 2.45) is 0 Å². The van der Waals surface area contributed by atoms with E-state index < -0.39 is 22.1 Å². The Hall–Kier alpha value is -1.46. The molecule has 0 N–H and O–H groups in total. The van der Waals surface area contributed by atoms with Crippen LogP contribution >= 0.6 is 0 Å². The molecule has 0 radical (unpaired) electrons. The van der Waals surface area contributed by atoms with Gasteiger partial charge in [-0.25, -0.2) is 0 Å². The molecule has 1 aromatic rings. The Balaban J connectivity index is 3.39. The van der Waals surface area contributed by atoms with Gasteiger partial charge < -0.3 is 0 Å². The van der Waals surface area contributed by atoms with Crippen LogP contribution in [0, 0.1) is 23.0 Å². The summed E-state index contributed by atoms with van der Waals surface area (Å²) >= 11 is 0. The highest BCUT2D eigenvalue weighted by atomic mass is 19.1. The number of hydrogen-bond donors (Lipinski definition) is 0. The minimum atomic E-state index is -1.03. The smallest absolute Gasteiger partial charge is 0.258 e. The normalized spacial score (nSPS) is 11.8. The first kappa shape index (κ1) is 10.6. The van der Waals surface area contributed by atoms with E-state index in [-0.39, 0.29) is 5.69 Å². The van der Waals surface area contributed by atoms with Crippen molar-refractivity contribution in [3.63, 3.8) is 0 Å². The lowest BCUT2D eigenvalue weighted by Gasteiger charge is -2.20. The highest BCUT2D eigenvalue weighted by molar-refractivity contribution is 5.34. The van der Waals surface area contributed by atoms with Gasteiger partial charge in [0, 0.05) is 0 Å². The predicted octanol–water partition coefficient (Wildman–Crippen LogP) is 1.99. The summed E-state index contributed by atoms with van der Waals surface area (Å²) in [6.45, 7) is 6.89. The van der Waals surface area contributed by atoms with Gasteiger partial charge >= 0.3 is 11.6 Å². The van der Waals surface area contributed by atoms with Gasteiger partial charge in [-0.3, -0.25) is 14.8 Å². The first-order chi connectivity index (χ1) is 6.25. The van der Waals surface area contributed by atoms with E-state index in [9.17, 15) is 14.5 Å². The maximum absolute atomic E-state index is 13.1. The monoisotopic (exact) mass is 201 g/mol. The number of hydrogen-bond acceptors (Lipinski definition) is 3. The molecule has 0 aromatic carbocycles. The van der Waals surface area contributed by atoms with Crippen molar-refractivity contribution in [1.29, 1.82) is 0 Å². The van der Waals surface area contributed by atoms with Gasteiger partial charge in [-0.1, -0.05) is 0 Å². The molecule has 78 valence electrons. The summed E-state index contributed by atoms with van der Waals surface area (Å²) in [4.78, 5) is 9.75. The van der Waals surface area contributed by atoms with E-state index in [0.29, 0.717) is 0 Å². The molecule has 1 heterocycles. The third-order valence-electron chi connectivity index (χ3n) is 1.86. The van der Waals surface area contributed by atoms with Crippen LogP contribution in [0.1, 0.15) is 26.5 Å². The van der Waals surface area contributed by atoms with Crippen LogP contribution < -0.4 is 0 Å². The predicted molar refractivity (Wildman–Crippen MR) is 48.6 cm³/mol. The minimum absolute atomic E-state index is 0.236. The van der Waals surface area contributed by atoms with Crippen molar-refractivity contribution in [1.82, 2.24) is 9.78 Å². The molecule has 0 aliphatic heterocycles. The third kappa shape index (κ3) is 1.59. The Morgan fingerprint density at radius 2 is 2.00 bits per heavy atom. The Morgan fingerprint density at radius 3 is 2.21 bits per heavy atom. The van der Waals surface area contributed by atoms with E-state index in [4.69, 9.17) is 0 Å². The van der Waals surface area contributed by atoms with E-state index in [1.165, 1.54) is 11.6 Å². The zero-order chi connectivity index (χ0) is 11.1. The summed E-state index contributed by atoms with van der Waals surface area (Å²) in [6, 6.07) is 0. The van der Waals surface area contributed by atoms with E-state index in [1.807, 2.05) is 0 Å². The second-order valence-corrected chi connectivity index (χ2v) is 4.06. The Kier molecular flexibility index (Phi) is 2.31. The van der Waals surface area contributed by atoms with Crippen LogP contribution in [0.5, 0.6) is 0 Å². The van der Waals surface area contributed by atoms with Crippen LogP contribution in [-0.4, -0.2) is 14.7 Å². The average molecular weight is 201 g/mol. The topological polar surface area (TPSA) is 61.0 Å². The summed E-state index contributed by atoms with van der Waals surface area (Å²) in [5.41, 5.74) is -0.765. The lowest BCUT2D eigenvalue weighted by atomic mass is 10.1. The molecule has 0 spiro atoms. The van der Waals surface area contributed by atoms with Crippen molar-refractivity contribution in [3.8, 4) is 0 Å². The SMILES string of the molecule is Cc1c([N+](=O)[O-])c(F)nn1C(C)(C)C. The van der Waals surface area contributed by atoms with Crippen LogP contribution in [0.15, 0.2) is 0 Å². The number of nitro groups is 1. The molecule has 14 heavy (non-hydrogen) atoms. The molecule has 0 unspecified atom stereocenters. The zero-order valence-corrected chi connectivity index (χ0v) is 8.54. The summed E-state index contributed by atoms with van der Waals surface area (Å²) in [7, 11) is 0. The van der Waals surface area contributed by atoms with Crippen molar-refractivity contribution >= 4 is 5.69 Å². The first-order valence-corrected chi connectivity index (χ1v) is 4.15. The fourth-order valence-corrected chi connectivity index (χ4v) is 1.32. The zero-order valence-electron chi connectivity index (χ0n) is 8.54.